The summed E-state index contributed by atoms with van der Waals surface area (Å²) in [5.74, 6) is -2.83. The van der Waals surface area contributed by atoms with Crippen molar-refractivity contribution in [2.45, 2.75) is 44.1 Å². The van der Waals surface area contributed by atoms with Gasteiger partial charge in [-0.1, -0.05) is 68.3 Å². The predicted octanol–water partition coefficient (Wildman–Crippen LogP) is 4.64. The highest BCUT2D eigenvalue weighted by Crippen LogP contribution is 2.61. The zero-order valence-corrected chi connectivity index (χ0v) is 24.4. The van der Waals surface area contributed by atoms with E-state index in [2.05, 4.69) is 5.32 Å². The van der Waals surface area contributed by atoms with Gasteiger partial charge in [-0.15, -0.1) is 0 Å². The standard InChI is InChI=1S/C34H34N2O7/c1-4-5-14-25(34(40)43-18-27(37)35-24-16-15-19(41-2)17-26(24)42-3)36-32(38)30-28-20-10-6-7-11-21(20)29(31(30)33(36)39)23-13-9-8-12-22(23)28/h6-13,15-17,25,28-31H,4-5,14,18H2,1-3H3,(H,35,37)/t25-,28?,29?,30-,31+/m1/s1. The zero-order valence-electron chi connectivity index (χ0n) is 24.4. The lowest BCUT2D eigenvalue weighted by Crippen LogP contribution is -2.47. The number of nitrogens with zero attached hydrogens (tertiary/aromatic N) is 1. The number of hydrogen-bond donors (Lipinski definition) is 1. The van der Waals surface area contributed by atoms with E-state index in [0.29, 0.717) is 23.6 Å². The molecule has 0 aromatic heterocycles. The Hall–Kier alpha value is -4.66. The Morgan fingerprint density at radius 3 is 1.88 bits per heavy atom. The monoisotopic (exact) mass is 582 g/mol. The first-order valence-electron chi connectivity index (χ1n) is 14.6. The Labute approximate surface area is 250 Å². The number of ether oxygens (including phenoxy) is 3. The van der Waals surface area contributed by atoms with Gasteiger partial charge in [-0.25, -0.2) is 4.79 Å². The molecule has 0 unspecified atom stereocenters. The van der Waals surface area contributed by atoms with E-state index in [1.807, 2.05) is 55.5 Å². The second-order valence-corrected chi connectivity index (χ2v) is 11.2. The van der Waals surface area contributed by atoms with Crippen molar-refractivity contribution >= 4 is 29.4 Å². The van der Waals surface area contributed by atoms with Crippen molar-refractivity contribution in [2.24, 2.45) is 11.8 Å². The number of methoxy groups -OCH3 is 2. The third kappa shape index (κ3) is 4.73. The third-order valence-corrected chi connectivity index (χ3v) is 8.93. The molecule has 2 bridgehead atoms. The molecule has 0 radical (unpaired) electrons. The maximum atomic E-state index is 14.2. The summed E-state index contributed by atoms with van der Waals surface area (Å²) in [6.45, 7) is 1.39. The smallest absolute Gasteiger partial charge is 0.329 e. The molecule has 3 amide bonds. The van der Waals surface area contributed by atoms with Gasteiger partial charge in [0.15, 0.2) is 6.61 Å². The summed E-state index contributed by atoms with van der Waals surface area (Å²) in [4.78, 5) is 55.8. The first-order valence-corrected chi connectivity index (χ1v) is 14.6. The molecule has 3 aliphatic carbocycles. The molecule has 43 heavy (non-hydrogen) atoms. The van der Waals surface area contributed by atoms with Gasteiger partial charge in [-0.3, -0.25) is 19.3 Å². The summed E-state index contributed by atoms with van der Waals surface area (Å²) in [6, 6.07) is 19.8. The van der Waals surface area contributed by atoms with E-state index < -0.39 is 36.4 Å². The molecule has 0 saturated carbocycles. The number of carbonyl (C=O) groups excluding carboxylic acids is 4. The molecule has 1 N–H and O–H groups in total. The summed E-state index contributed by atoms with van der Waals surface area (Å²) in [6.07, 6.45) is 1.62. The molecular weight excluding hydrogens is 548 g/mol. The second-order valence-electron chi connectivity index (χ2n) is 11.2. The van der Waals surface area contributed by atoms with Crippen molar-refractivity contribution < 1.29 is 33.4 Å². The van der Waals surface area contributed by atoms with Gasteiger partial charge in [-0.05, 0) is 40.8 Å². The molecule has 7 rings (SSSR count). The second kappa shape index (κ2) is 11.6. The first-order chi connectivity index (χ1) is 20.9. The molecule has 9 heteroatoms. The number of rotatable bonds is 10. The van der Waals surface area contributed by atoms with Crippen LogP contribution in [0.15, 0.2) is 66.7 Å². The van der Waals surface area contributed by atoms with Crippen molar-refractivity contribution in [2.75, 3.05) is 26.1 Å². The average Bonchev–Trinajstić information content (AvgIpc) is 3.30. The summed E-state index contributed by atoms with van der Waals surface area (Å²) in [5.41, 5.74) is 4.64. The quantitative estimate of drug-likeness (QED) is 0.274. The number of imide groups is 1. The van der Waals surface area contributed by atoms with Gasteiger partial charge in [0.05, 0.1) is 31.7 Å². The van der Waals surface area contributed by atoms with E-state index in [1.165, 1.54) is 14.2 Å². The van der Waals surface area contributed by atoms with E-state index >= 15 is 0 Å². The molecule has 0 spiro atoms. The van der Waals surface area contributed by atoms with Crippen LogP contribution < -0.4 is 14.8 Å². The van der Waals surface area contributed by atoms with Crippen molar-refractivity contribution in [3.8, 4) is 11.5 Å². The van der Waals surface area contributed by atoms with Crippen molar-refractivity contribution in [3.05, 3.63) is 89.0 Å². The highest BCUT2D eigenvalue weighted by Gasteiger charge is 2.63. The molecule has 1 saturated heterocycles. The Morgan fingerprint density at radius 1 is 0.837 bits per heavy atom. The number of esters is 1. The van der Waals surface area contributed by atoms with Gasteiger partial charge in [0.25, 0.3) is 5.91 Å². The van der Waals surface area contributed by atoms with E-state index in [9.17, 15) is 19.2 Å². The van der Waals surface area contributed by atoms with Crippen LogP contribution >= 0.6 is 0 Å². The number of amides is 3. The van der Waals surface area contributed by atoms with Crippen LogP contribution in [0.1, 0.15) is 60.3 Å². The summed E-state index contributed by atoms with van der Waals surface area (Å²) in [5, 5.41) is 2.67. The fraction of sp³-hybridized carbons (Fsp3) is 0.353. The van der Waals surface area contributed by atoms with Crippen molar-refractivity contribution in [1.29, 1.82) is 0 Å². The summed E-state index contributed by atoms with van der Waals surface area (Å²) >= 11 is 0. The molecule has 1 heterocycles. The highest BCUT2D eigenvalue weighted by atomic mass is 16.5. The minimum Gasteiger partial charge on any atom is -0.497 e. The topological polar surface area (TPSA) is 111 Å². The number of nitrogens with one attached hydrogen (secondary N) is 1. The number of unbranched alkanes of at least 4 members (excludes halogenated alkanes) is 1. The molecule has 3 aromatic carbocycles. The molecule has 3 aromatic rings. The van der Waals surface area contributed by atoms with Gasteiger partial charge < -0.3 is 19.5 Å². The third-order valence-electron chi connectivity index (χ3n) is 8.93. The lowest BCUT2D eigenvalue weighted by molar-refractivity contribution is -0.160. The number of anilines is 1. The summed E-state index contributed by atoms with van der Waals surface area (Å²) < 4.78 is 16.0. The van der Waals surface area contributed by atoms with Crippen LogP contribution in [0.2, 0.25) is 0 Å². The minimum absolute atomic E-state index is 0.259. The Bertz CT molecular complexity index is 1490. The fourth-order valence-corrected chi connectivity index (χ4v) is 7.08. The average molecular weight is 583 g/mol. The lowest BCUT2D eigenvalue weighted by atomic mass is 9.55. The minimum atomic E-state index is -1.11. The van der Waals surface area contributed by atoms with Crippen molar-refractivity contribution in [3.63, 3.8) is 0 Å². The molecule has 222 valence electrons. The highest BCUT2D eigenvalue weighted by molar-refractivity contribution is 6.10. The van der Waals surface area contributed by atoms with Crippen LogP contribution in [0.5, 0.6) is 11.5 Å². The predicted molar refractivity (Wildman–Crippen MR) is 158 cm³/mol. The van der Waals surface area contributed by atoms with Crippen molar-refractivity contribution in [1.82, 2.24) is 4.90 Å². The van der Waals surface area contributed by atoms with E-state index in [4.69, 9.17) is 14.2 Å². The molecule has 3 atom stereocenters. The van der Waals surface area contributed by atoms with E-state index in [1.54, 1.807) is 18.2 Å². The molecule has 1 fully saturated rings. The van der Waals surface area contributed by atoms with Gasteiger partial charge >= 0.3 is 5.97 Å². The molecule has 9 nitrogen and oxygen atoms in total. The summed E-state index contributed by atoms with van der Waals surface area (Å²) in [7, 11) is 2.99. The number of likely N-dealkylation sites (tertiary alicyclic amines) is 1. The fourth-order valence-electron chi connectivity index (χ4n) is 7.08. The van der Waals surface area contributed by atoms with Crippen LogP contribution in [0.3, 0.4) is 0 Å². The van der Waals surface area contributed by atoms with E-state index in [0.717, 1.165) is 33.6 Å². The van der Waals surface area contributed by atoms with Gasteiger partial charge in [0.1, 0.15) is 17.5 Å². The van der Waals surface area contributed by atoms with Crippen LogP contribution in [0.25, 0.3) is 0 Å². The lowest BCUT2D eigenvalue weighted by Gasteiger charge is -2.45. The molecule has 1 aliphatic heterocycles. The van der Waals surface area contributed by atoms with Crippen LogP contribution in [-0.4, -0.2) is 55.5 Å². The number of benzene rings is 3. The largest absolute Gasteiger partial charge is 0.497 e. The molecular formula is C34H34N2O7. The molecule has 4 aliphatic rings. The van der Waals surface area contributed by atoms with Crippen LogP contribution in [-0.2, 0) is 23.9 Å². The van der Waals surface area contributed by atoms with E-state index in [-0.39, 0.29) is 30.1 Å². The Morgan fingerprint density at radius 2 is 1.40 bits per heavy atom. The Kier molecular flexibility index (Phi) is 7.64. The maximum absolute atomic E-state index is 14.2. The SMILES string of the molecule is CCCC[C@H](C(=O)OCC(=O)Nc1ccc(OC)cc1OC)N1C(=O)[C@@H]2C3c4ccccc4C(c4ccccc43)[C@@H]2C1=O. The first kappa shape index (κ1) is 28.5. The normalized spacial score (nSPS) is 21.9. The Balaban J connectivity index is 1.24. The van der Waals surface area contributed by atoms with Crippen LogP contribution in [0.4, 0.5) is 5.69 Å². The van der Waals surface area contributed by atoms with Gasteiger partial charge in [-0.2, -0.15) is 0 Å². The van der Waals surface area contributed by atoms with Gasteiger partial charge in [0, 0.05) is 17.9 Å². The number of hydrogen-bond acceptors (Lipinski definition) is 7. The van der Waals surface area contributed by atoms with Crippen LogP contribution in [0, 0.1) is 11.8 Å². The maximum Gasteiger partial charge on any atom is 0.329 e. The van der Waals surface area contributed by atoms with Gasteiger partial charge in [0.2, 0.25) is 11.8 Å². The number of carbonyl (C=O) groups is 4. The zero-order chi connectivity index (χ0) is 30.2.